The highest BCUT2D eigenvalue weighted by Gasteiger charge is 2.15. The number of hydrogen-bond donors (Lipinski definition) is 1. The summed E-state index contributed by atoms with van der Waals surface area (Å²) >= 11 is 1.47. The van der Waals surface area contributed by atoms with Gasteiger partial charge in [0.2, 0.25) is 5.91 Å². The van der Waals surface area contributed by atoms with Crippen molar-refractivity contribution in [3.05, 3.63) is 46.2 Å². The molecule has 164 valence electrons. The largest absolute Gasteiger partial charge is 0.490 e. The number of rotatable bonds is 13. The van der Waals surface area contributed by atoms with Crippen molar-refractivity contribution in [1.29, 1.82) is 0 Å². The van der Waals surface area contributed by atoms with Crippen LogP contribution in [0.1, 0.15) is 56.0 Å². The Bertz CT molecular complexity index is 793. The van der Waals surface area contributed by atoms with Gasteiger partial charge in [-0.15, -0.1) is 0 Å². The van der Waals surface area contributed by atoms with Crippen molar-refractivity contribution >= 4 is 23.2 Å². The lowest BCUT2D eigenvalue weighted by molar-refractivity contribution is -0.131. The second-order valence-corrected chi connectivity index (χ2v) is 7.68. The van der Waals surface area contributed by atoms with Crippen molar-refractivity contribution in [3.63, 3.8) is 0 Å². The first kappa shape index (κ1) is 23.7. The molecule has 0 saturated heterocycles. The first-order valence-corrected chi connectivity index (χ1v) is 11.5. The van der Waals surface area contributed by atoms with Gasteiger partial charge in [-0.3, -0.25) is 9.59 Å². The van der Waals surface area contributed by atoms with Crippen molar-refractivity contribution in [2.45, 2.75) is 46.6 Å². The zero-order chi connectivity index (χ0) is 21.8. The molecule has 0 aliphatic carbocycles. The Hall–Kier alpha value is -2.54. The molecule has 7 heteroatoms. The fourth-order valence-corrected chi connectivity index (χ4v) is 3.61. The Labute approximate surface area is 183 Å². The van der Waals surface area contributed by atoms with E-state index in [-0.39, 0.29) is 18.2 Å². The van der Waals surface area contributed by atoms with Crippen LogP contribution in [0.5, 0.6) is 11.5 Å². The van der Waals surface area contributed by atoms with Crippen molar-refractivity contribution in [2.75, 3.05) is 26.3 Å². The summed E-state index contributed by atoms with van der Waals surface area (Å²) in [5.41, 5.74) is 1.62. The van der Waals surface area contributed by atoms with E-state index in [0.717, 1.165) is 24.2 Å². The number of carbonyl (C=O) groups is 2. The van der Waals surface area contributed by atoms with Gasteiger partial charge in [0.1, 0.15) is 0 Å². The third-order valence-corrected chi connectivity index (χ3v) is 5.08. The molecule has 0 unspecified atom stereocenters. The van der Waals surface area contributed by atoms with Crippen LogP contribution in [0.4, 0.5) is 0 Å². The van der Waals surface area contributed by atoms with Gasteiger partial charge >= 0.3 is 0 Å². The number of thiophene rings is 1. The molecule has 0 atom stereocenters. The lowest BCUT2D eigenvalue weighted by Crippen LogP contribution is -2.34. The quantitative estimate of drug-likeness (QED) is 0.506. The average Bonchev–Trinajstić information content (AvgIpc) is 3.28. The Morgan fingerprint density at radius 2 is 1.90 bits per heavy atom. The van der Waals surface area contributed by atoms with Crippen LogP contribution in [-0.2, 0) is 11.3 Å². The molecule has 2 rings (SSSR count). The molecule has 1 aromatic carbocycles. The van der Waals surface area contributed by atoms with E-state index < -0.39 is 0 Å². The molecule has 0 saturated carbocycles. The van der Waals surface area contributed by atoms with Crippen LogP contribution >= 0.6 is 11.3 Å². The maximum absolute atomic E-state index is 12.7. The molecule has 0 spiro atoms. The maximum Gasteiger partial charge on any atom is 0.252 e. The van der Waals surface area contributed by atoms with E-state index in [1.165, 1.54) is 11.3 Å². The van der Waals surface area contributed by atoms with Gasteiger partial charge in [-0.05, 0) is 48.9 Å². The van der Waals surface area contributed by atoms with E-state index in [4.69, 9.17) is 9.47 Å². The van der Waals surface area contributed by atoms with Crippen LogP contribution in [0.3, 0.4) is 0 Å². The lowest BCUT2D eigenvalue weighted by atomic mass is 10.1. The number of benzene rings is 1. The second-order valence-electron chi connectivity index (χ2n) is 6.90. The normalized spacial score (nSPS) is 10.5. The zero-order valence-corrected chi connectivity index (χ0v) is 18.9. The minimum Gasteiger partial charge on any atom is -0.490 e. The van der Waals surface area contributed by atoms with Crippen molar-refractivity contribution < 1.29 is 19.1 Å². The van der Waals surface area contributed by atoms with Gasteiger partial charge in [-0.25, -0.2) is 0 Å². The van der Waals surface area contributed by atoms with Crippen LogP contribution in [0, 0.1) is 0 Å². The number of nitrogens with one attached hydrogen (secondary N) is 1. The summed E-state index contributed by atoms with van der Waals surface area (Å²) in [6.45, 7) is 8.71. The van der Waals surface area contributed by atoms with Crippen molar-refractivity contribution in [3.8, 4) is 11.5 Å². The molecular formula is C23H32N2O4S. The molecule has 0 aliphatic heterocycles. The van der Waals surface area contributed by atoms with Gasteiger partial charge in [-0.2, -0.15) is 11.3 Å². The summed E-state index contributed by atoms with van der Waals surface area (Å²) in [5, 5.41) is 6.47. The molecular weight excluding hydrogens is 400 g/mol. The van der Waals surface area contributed by atoms with Crippen LogP contribution in [-0.4, -0.2) is 43.0 Å². The van der Waals surface area contributed by atoms with Gasteiger partial charge in [0.25, 0.3) is 5.91 Å². The summed E-state index contributed by atoms with van der Waals surface area (Å²) in [7, 11) is 0. The third kappa shape index (κ3) is 7.37. The molecule has 0 bridgehead atoms. The lowest BCUT2D eigenvalue weighted by Gasteiger charge is -2.23. The summed E-state index contributed by atoms with van der Waals surface area (Å²) in [6.07, 6.45) is 2.06. The molecule has 0 fully saturated rings. The van der Waals surface area contributed by atoms with Crippen LogP contribution in [0.25, 0.3) is 0 Å². The summed E-state index contributed by atoms with van der Waals surface area (Å²) in [6, 6.07) is 7.60. The van der Waals surface area contributed by atoms with E-state index in [0.29, 0.717) is 44.2 Å². The number of carbonyl (C=O) groups excluding carboxylic acids is 2. The maximum atomic E-state index is 12.7. The second kappa shape index (κ2) is 12.9. The Morgan fingerprint density at radius 1 is 1.07 bits per heavy atom. The summed E-state index contributed by atoms with van der Waals surface area (Å²) < 4.78 is 11.5. The number of nitrogens with zero attached hydrogens (tertiary/aromatic N) is 1. The minimum absolute atomic E-state index is 0.0201. The van der Waals surface area contributed by atoms with Gasteiger partial charge in [0.05, 0.1) is 13.2 Å². The van der Waals surface area contributed by atoms with E-state index in [9.17, 15) is 9.59 Å². The highest BCUT2D eigenvalue weighted by molar-refractivity contribution is 7.08. The fraction of sp³-hybridized carbons (Fsp3) is 0.478. The Morgan fingerprint density at radius 3 is 2.57 bits per heavy atom. The van der Waals surface area contributed by atoms with E-state index in [2.05, 4.69) is 12.2 Å². The van der Waals surface area contributed by atoms with Crippen LogP contribution in [0.2, 0.25) is 0 Å². The molecule has 2 aromatic rings. The minimum atomic E-state index is -0.143. The van der Waals surface area contributed by atoms with Gasteiger partial charge < -0.3 is 19.7 Å². The number of hydrogen-bond acceptors (Lipinski definition) is 5. The molecule has 1 heterocycles. The Balaban J connectivity index is 1.96. The standard InChI is InChI=1S/C23H32N2O4S/c1-4-12-25(22(26)9-11-24-23(27)19-10-14-30-17-19)16-18-7-8-20(29-13-5-2)21(15-18)28-6-3/h7-8,10,14-15,17H,4-6,9,11-13,16H2,1-3H3,(H,24,27). The molecule has 0 radical (unpaired) electrons. The molecule has 0 aliphatic rings. The predicted octanol–water partition coefficient (Wildman–Crippen LogP) is 4.49. The van der Waals surface area contributed by atoms with E-state index in [1.807, 2.05) is 42.3 Å². The van der Waals surface area contributed by atoms with E-state index >= 15 is 0 Å². The molecule has 1 aromatic heterocycles. The van der Waals surface area contributed by atoms with Gasteiger partial charge in [0, 0.05) is 37.0 Å². The highest BCUT2D eigenvalue weighted by atomic mass is 32.1. The molecule has 6 nitrogen and oxygen atoms in total. The topological polar surface area (TPSA) is 67.9 Å². The first-order chi connectivity index (χ1) is 14.6. The first-order valence-electron chi connectivity index (χ1n) is 10.6. The van der Waals surface area contributed by atoms with Crippen molar-refractivity contribution in [1.82, 2.24) is 10.2 Å². The van der Waals surface area contributed by atoms with Gasteiger partial charge in [0.15, 0.2) is 11.5 Å². The highest BCUT2D eigenvalue weighted by Crippen LogP contribution is 2.29. The monoisotopic (exact) mass is 432 g/mol. The summed E-state index contributed by atoms with van der Waals surface area (Å²) in [5.74, 6) is 1.31. The third-order valence-electron chi connectivity index (χ3n) is 4.40. The summed E-state index contributed by atoms with van der Waals surface area (Å²) in [4.78, 5) is 26.6. The zero-order valence-electron chi connectivity index (χ0n) is 18.1. The molecule has 2 amide bonds. The van der Waals surface area contributed by atoms with Crippen molar-refractivity contribution in [2.24, 2.45) is 0 Å². The molecule has 30 heavy (non-hydrogen) atoms. The SMILES string of the molecule is CCCOc1ccc(CN(CCC)C(=O)CCNC(=O)c2ccsc2)cc1OCC. The average molecular weight is 433 g/mol. The smallest absolute Gasteiger partial charge is 0.252 e. The number of amides is 2. The van der Waals surface area contributed by atoms with Gasteiger partial charge in [-0.1, -0.05) is 19.9 Å². The Kier molecular flexibility index (Phi) is 10.2. The molecule has 1 N–H and O–H groups in total. The fourth-order valence-electron chi connectivity index (χ4n) is 2.97. The predicted molar refractivity (Wildman–Crippen MR) is 120 cm³/mol. The van der Waals surface area contributed by atoms with Crippen LogP contribution < -0.4 is 14.8 Å². The number of ether oxygens (including phenoxy) is 2. The van der Waals surface area contributed by atoms with E-state index in [1.54, 1.807) is 11.4 Å². The van der Waals surface area contributed by atoms with Crippen LogP contribution in [0.15, 0.2) is 35.0 Å².